The number of benzene rings is 2. The number of piperidine rings is 1. The van der Waals surface area contributed by atoms with Gasteiger partial charge in [-0.3, -0.25) is 4.79 Å². The molecule has 0 atom stereocenters. The molecule has 1 amide bonds. The van der Waals surface area contributed by atoms with Gasteiger partial charge in [0.25, 0.3) is 0 Å². The van der Waals surface area contributed by atoms with Crippen LogP contribution in [0.2, 0.25) is 0 Å². The van der Waals surface area contributed by atoms with E-state index < -0.39 is 10.0 Å². The van der Waals surface area contributed by atoms with Gasteiger partial charge < -0.3 is 10.1 Å². The van der Waals surface area contributed by atoms with Gasteiger partial charge in [-0.05, 0) is 63.1 Å². The second-order valence-electron chi connectivity index (χ2n) is 6.94. The lowest BCUT2D eigenvalue weighted by Gasteiger charge is -2.30. The Morgan fingerprint density at radius 3 is 2.25 bits per heavy atom. The molecular formula is C21H26N2O4S. The van der Waals surface area contributed by atoms with Crippen LogP contribution in [0.3, 0.4) is 0 Å². The predicted octanol–water partition coefficient (Wildman–Crippen LogP) is 3.43. The van der Waals surface area contributed by atoms with Gasteiger partial charge in [0, 0.05) is 24.7 Å². The third kappa shape index (κ3) is 4.72. The van der Waals surface area contributed by atoms with Crippen LogP contribution in [0.25, 0.3) is 0 Å². The van der Waals surface area contributed by atoms with Gasteiger partial charge in [0.05, 0.1) is 11.5 Å². The number of ether oxygens (including phenoxy) is 1. The molecule has 1 saturated heterocycles. The van der Waals surface area contributed by atoms with E-state index in [1.54, 1.807) is 36.4 Å². The highest BCUT2D eigenvalue weighted by molar-refractivity contribution is 7.89. The van der Waals surface area contributed by atoms with Crippen LogP contribution in [-0.2, 0) is 14.8 Å². The quantitative estimate of drug-likeness (QED) is 0.803. The molecule has 0 bridgehead atoms. The molecule has 1 fully saturated rings. The highest BCUT2D eigenvalue weighted by Gasteiger charge is 2.32. The first-order valence-corrected chi connectivity index (χ1v) is 10.9. The number of carbonyl (C=O) groups is 1. The largest absolute Gasteiger partial charge is 0.494 e. The lowest BCUT2D eigenvalue weighted by molar-refractivity contribution is -0.120. The Labute approximate surface area is 166 Å². The van der Waals surface area contributed by atoms with Crippen molar-refractivity contribution in [2.24, 2.45) is 5.92 Å². The zero-order valence-electron chi connectivity index (χ0n) is 16.2. The molecule has 0 unspecified atom stereocenters. The minimum atomic E-state index is -3.51. The lowest BCUT2D eigenvalue weighted by atomic mass is 9.97. The van der Waals surface area contributed by atoms with Gasteiger partial charge in [-0.25, -0.2) is 8.42 Å². The van der Waals surface area contributed by atoms with Crippen LogP contribution in [-0.4, -0.2) is 38.3 Å². The van der Waals surface area contributed by atoms with Crippen LogP contribution in [0.5, 0.6) is 5.75 Å². The third-order valence-corrected chi connectivity index (χ3v) is 6.83. The maximum Gasteiger partial charge on any atom is 0.243 e. The Morgan fingerprint density at radius 2 is 1.68 bits per heavy atom. The summed E-state index contributed by atoms with van der Waals surface area (Å²) in [5.41, 5.74) is 1.73. The number of nitrogens with one attached hydrogen (secondary N) is 1. The fourth-order valence-electron chi connectivity index (χ4n) is 3.26. The van der Waals surface area contributed by atoms with E-state index in [4.69, 9.17) is 4.74 Å². The molecular weight excluding hydrogens is 376 g/mol. The van der Waals surface area contributed by atoms with Gasteiger partial charge in [-0.1, -0.05) is 17.7 Å². The van der Waals surface area contributed by atoms with Gasteiger partial charge in [-0.2, -0.15) is 4.31 Å². The molecule has 0 aromatic heterocycles. The monoisotopic (exact) mass is 402 g/mol. The zero-order valence-corrected chi connectivity index (χ0v) is 17.0. The summed E-state index contributed by atoms with van der Waals surface area (Å²) in [6, 6.07) is 14.1. The summed E-state index contributed by atoms with van der Waals surface area (Å²) in [4.78, 5) is 12.8. The number of rotatable bonds is 6. The molecule has 0 spiro atoms. The van der Waals surface area contributed by atoms with Gasteiger partial charge in [0.1, 0.15) is 5.75 Å². The molecule has 28 heavy (non-hydrogen) atoms. The SMILES string of the molecule is CCOc1ccc(NC(=O)C2CCN(S(=O)(=O)c3ccc(C)cc3)CC2)cc1. The highest BCUT2D eigenvalue weighted by atomic mass is 32.2. The van der Waals surface area contributed by atoms with E-state index >= 15 is 0 Å². The number of hydrogen-bond acceptors (Lipinski definition) is 4. The van der Waals surface area contributed by atoms with Crippen molar-refractivity contribution < 1.29 is 17.9 Å². The second-order valence-corrected chi connectivity index (χ2v) is 8.88. The van der Waals surface area contributed by atoms with E-state index in [1.807, 2.05) is 26.0 Å². The number of hydrogen-bond donors (Lipinski definition) is 1. The van der Waals surface area contributed by atoms with Crippen molar-refractivity contribution >= 4 is 21.6 Å². The molecule has 0 aliphatic carbocycles. The molecule has 1 heterocycles. The standard InChI is InChI=1S/C21H26N2O4S/c1-3-27-19-8-6-18(7-9-19)22-21(24)17-12-14-23(15-13-17)28(25,26)20-10-4-16(2)5-11-20/h4-11,17H,3,12-15H2,1-2H3,(H,22,24). The van der Waals surface area contributed by atoms with Crippen molar-refractivity contribution in [3.63, 3.8) is 0 Å². The summed E-state index contributed by atoms with van der Waals surface area (Å²) in [7, 11) is -3.51. The maximum absolute atomic E-state index is 12.8. The molecule has 150 valence electrons. The molecule has 0 saturated carbocycles. The van der Waals surface area contributed by atoms with E-state index in [0.29, 0.717) is 43.1 Å². The summed E-state index contributed by atoms with van der Waals surface area (Å²) in [5, 5.41) is 2.91. The second kappa shape index (κ2) is 8.75. The number of amides is 1. The Kier molecular flexibility index (Phi) is 6.36. The fourth-order valence-corrected chi connectivity index (χ4v) is 4.73. The molecule has 7 heteroatoms. The van der Waals surface area contributed by atoms with E-state index in [9.17, 15) is 13.2 Å². The number of nitrogens with zero attached hydrogens (tertiary/aromatic N) is 1. The van der Waals surface area contributed by atoms with Gasteiger partial charge in [-0.15, -0.1) is 0 Å². The summed E-state index contributed by atoms with van der Waals surface area (Å²) < 4.78 is 32.4. The molecule has 3 rings (SSSR count). The molecule has 1 N–H and O–H groups in total. The van der Waals surface area contributed by atoms with Crippen LogP contribution < -0.4 is 10.1 Å². The number of anilines is 1. The van der Waals surface area contributed by atoms with E-state index in [2.05, 4.69) is 5.32 Å². The normalized spacial score (nSPS) is 15.9. The number of sulfonamides is 1. The maximum atomic E-state index is 12.8. The van der Waals surface area contributed by atoms with Crippen molar-refractivity contribution in [2.45, 2.75) is 31.6 Å². The van der Waals surface area contributed by atoms with E-state index in [1.165, 1.54) is 4.31 Å². The lowest BCUT2D eigenvalue weighted by Crippen LogP contribution is -2.41. The molecule has 2 aromatic carbocycles. The van der Waals surface area contributed by atoms with Crippen molar-refractivity contribution in [3.8, 4) is 5.75 Å². The van der Waals surface area contributed by atoms with Gasteiger partial charge >= 0.3 is 0 Å². The minimum Gasteiger partial charge on any atom is -0.494 e. The number of aryl methyl sites for hydroxylation is 1. The van der Waals surface area contributed by atoms with E-state index in [0.717, 1.165) is 11.3 Å². The van der Waals surface area contributed by atoms with E-state index in [-0.39, 0.29) is 11.8 Å². The predicted molar refractivity (Wildman–Crippen MR) is 109 cm³/mol. The first-order valence-electron chi connectivity index (χ1n) is 9.50. The summed E-state index contributed by atoms with van der Waals surface area (Å²) in [5.74, 6) is 0.489. The average Bonchev–Trinajstić information content (AvgIpc) is 2.70. The summed E-state index contributed by atoms with van der Waals surface area (Å²) >= 11 is 0. The topological polar surface area (TPSA) is 75.7 Å². The molecule has 0 radical (unpaired) electrons. The molecule has 6 nitrogen and oxygen atoms in total. The fraction of sp³-hybridized carbons (Fsp3) is 0.381. The van der Waals surface area contributed by atoms with Gasteiger partial charge in [0.15, 0.2) is 0 Å². The van der Waals surface area contributed by atoms with Crippen molar-refractivity contribution in [1.29, 1.82) is 0 Å². The first-order chi connectivity index (χ1) is 13.4. The van der Waals surface area contributed by atoms with Gasteiger partial charge in [0.2, 0.25) is 15.9 Å². The zero-order chi connectivity index (χ0) is 20.1. The first kappa shape index (κ1) is 20.4. The molecule has 1 aliphatic heterocycles. The Balaban J connectivity index is 1.57. The Hall–Kier alpha value is -2.38. The molecule has 2 aromatic rings. The number of carbonyl (C=O) groups excluding carboxylic acids is 1. The Bertz CT molecular complexity index is 900. The summed E-state index contributed by atoms with van der Waals surface area (Å²) in [6.07, 6.45) is 1.02. The van der Waals surface area contributed by atoms with Crippen LogP contribution in [0, 0.1) is 12.8 Å². The smallest absolute Gasteiger partial charge is 0.243 e. The average molecular weight is 403 g/mol. The highest BCUT2D eigenvalue weighted by Crippen LogP contribution is 2.25. The van der Waals surface area contributed by atoms with Crippen LogP contribution in [0.4, 0.5) is 5.69 Å². The Morgan fingerprint density at radius 1 is 1.07 bits per heavy atom. The summed E-state index contributed by atoms with van der Waals surface area (Å²) in [6.45, 7) is 5.12. The van der Waals surface area contributed by atoms with Crippen LogP contribution >= 0.6 is 0 Å². The van der Waals surface area contributed by atoms with Crippen LogP contribution in [0.15, 0.2) is 53.4 Å². The van der Waals surface area contributed by atoms with Crippen molar-refractivity contribution in [1.82, 2.24) is 4.31 Å². The van der Waals surface area contributed by atoms with Crippen molar-refractivity contribution in [3.05, 3.63) is 54.1 Å². The van der Waals surface area contributed by atoms with Crippen molar-refractivity contribution in [2.75, 3.05) is 25.0 Å². The minimum absolute atomic E-state index is 0.0726. The molecule has 1 aliphatic rings. The van der Waals surface area contributed by atoms with Crippen LogP contribution in [0.1, 0.15) is 25.3 Å². The third-order valence-electron chi connectivity index (χ3n) is 4.92.